The Morgan fingerprint density at radius 1 is 1.30 bits per heavy atom. The fraction of sp³-hybridized carbons (Fsp3) is 0.500. The quantitative estimate of drug-likeness (QED) is 0.838. The molecule has 0 saturated heterocycles. The molecule has 0 atom stereocenters. The Bertz CT molecular complexity index is 457. The van der Waals surface area contributed by atoms with Crippen LogP contribution in [0.2, 0.25) is 0 Å². The fourth-order valence-electron chi connectivity index (χ4n) is 1.92. The molecule has 6 heteroatoms. The topological polar surface area (TPSA) is 58.4 Å². The van der Waals surface area contributed by atoms with Crippen LogP contribution >= 0.6 is 0 Å². The summed E-state index contributed by atoms with van der Waals surface area (Å²) >= 11 is 0. The lowest BCUT2D eigenvalue weighted by atomic mass is 9.93. The van der Waals surface area contributed by atoms with Crippen molar-refractivity contribution in [2.24, 2.45) is 11.1 Å². The molecule has 1 amide bonds. The summed E-state index contributed by atoms with van der Waals surface area (Å²) in [6.07, 6.45) is 0. The van der Waals surface area contributed by atoms with Crippen molar-refractivity contribution < 1.29 is 13.6 Å². The van der Waals surface area contributed by atoms with Gasteiger partial charge in [0, 0.05) is 18.3 Å². The average molecular weight is 285 g/mol. The number of hydrogen-bond acceptors (Lipinski definition) is 3. The Hall–Kier alpha value is -1.53. The number of nitrogens with one attached hydrogen (secondary N) is 1. The molecule has 0 aliphatic carbocycles. The number of nitrogens with zero attached hydrogens (tertiary/aromatic N) is 1. The maximum atomic E-state index is 13.0. The van der Waals surface area contributed by atoms with Gasteiger partial charge in [0.05, 0.1) is 6.54 Å². The lowest BCUT2D eigenvalue weighted by Gasteiger charge is -2.28. The molecule has 0 spiro atoms. The molecular weight excluding hydrogens is 264 g/mol. The summed E-state index contributed by atoms with van der Waals surface area (Å²) in [5.74, 6) is -1.78. The second kappa shape index (κ2) is 6.76. The Morgan fingerprint density at radius 2 is 1.85 bits per heavy atom. The van der Waals surface area contributed by atoms with Gasteiger partial charge < -0.3 is 11.1 Å². The number of hydrogen-bond donors (Lipinski definition) is 2. The van der Waals surface area contributed by atoms with Gasteiger partial charge in [-0.1, -0.05) is 13.8 Å². The molecule has 4 nitrogen and oxygen atoms in total. The minimum Gasteiger partial charge on any atom is -0.330 e. The molecule has 0 fully saturated rings. The van der Waals surface area contributed by atoms with Crippen molar-refractivity contribution in [3.63, 3.8) is 0 Å². The highest BCUT2D eigenvalue weighted by molar-refractivity contribution is 5.92. The van der Waals surface area contributed by atoms with E-state index in [0.717, 1.165) is 18.2 Å². The van der Waals surface area contributed by atoms with E-state index < -0.39 is 11.6 Å². The van der Waals surface area contributed by atoms with Crippen LogP contribution in [0, 0.1) is 17.0 Å². The number of carbonyl (C=O) groups is 1. The van der Waals surface area contributed by atoms with E-state index in [9.17, 15) is 13.6 Å². The first-order valence-electron chi connectivity index (χ1n) is 6.36. The molecule has 20 heavy (non-hydrogen) atoms. The SMILES string of the molecule is CN(CC(=O)Nc1cc(F)cc(F)c1)CC(C)(C)CN. The van der Waals surface area contributed by atoms with Gasteiger partial charge in [-0.05, 0) is 31.1 Å². The first kappa shape index (κ1) is 16.5. The standard InChI is InChI=1S/C14H21F2N3O/c1-14(2,8-17)9-19(3)7-13(20)18-12-5-10(15)4-11(16)6-12/h4-6H,7-9,17H2,1-3H3,(H,18,20). The molecule has 0 unspecified atom stereocenters. The van der Waals surface area contributed by atoms with E-state index in [4.69, 9.17) is 5.73 Å². The minimum absolute atomic E-state index is 0.0972. The third kappa shape index (κ3) is 5.63. The summed E-state index contributed by atoms with van der Waals surface area (Å²) in [4.78, 5) is 13.6. The van der Waals surface area contributed by atoms with E-state index in [-0.39, 0.29) is 23.6 Å². The molecule has 1 aromatic rings. The lowest BCUT2D eigenvalue weighted by molar-refractivity contribution is -0.117. The summed E-state index contributed by atoms with van der Waals surface area (Å²) in [6.45, 7) is 5.29. The number of benzene rings is 1. The highest BCUT2D eigenvalue weighted by Gasteiger charge is 2.19. The van der Waals surface area contributed by atoms with Gasteiger partial charge in [-0.3, -0.25) is 9.69 Å². The van der Waals surface area contributed by atoms with Crippen LogP contribution in [0.3, 0.4) is 0 Å². The molecule has 0 aliphatic heterocycles. The number of carbonyl (C=O) groups excluding carboxylic acids is 1. The van der Waals surface area contributed by atoms with Gasteiger partial charge in [0.2, 0.25) is 5.91 Å². The summed E-state index contributed by atoms with van der Waals surface area (Å²) in [7, 11) is 1.79. The number of amides is 1. The van der Waals surface area contributed by atoms with E-state index >= 15 is 0 Å². The number of halogens is 2. The average Bonchev–Trinajstić information content (AvgIpc) is 2.25. The first-order valence-corrected chi connectivity index (χ1v) is 6.36. The van der Waals surface area contributed by atoms with Crippen molar-refractivity contribution in [1.82, 2.24) is 4.90 Å². The van der Waals surface area contributed by atoms with Crippen LogP contribution in [0.4, 0.5) is 14.5 Å². The molecule has 112 valence electrons. The molecular formula is C14H21F2N3O. The molecule has 1 aromatic carbocycles. The highest BCUT2D eigenvalue weighted by Crippen LogP contribution is 2.15. The predicted octanol–water partition coefficient (Wildman–Crippen LogP) is 1.82. The molecule has 0 heterocycles. The summed E-state index contributed by atoms with van der Waals surface area (Å²) in [6, 6.07) is 2.90. The Balaban J connectivity index is 2.55. The number of rotatable bonds is 6. The zero-order valence-corrected chi connectivity index (χ0v) is 12.0. The van der Waals surface area contributed by atoms with Gasteiger partial charge in [0.15, 0.2) is 0 Å². The zero-order chi connectivity index (χ0) is 15.3. The van der Waals surface area contributed by atoms with Crippen molar-refractivity contribution in [2.45, 2.75) is 13.8 Å². The molecule has 0 aliphatic rings. The highest BCUT2D eigenvalue weighted by atomic mass is 19.1. The third-order valence-corrected chi connectivity index (χ3v) is 2.81. The summed E-state index contributed by atoms with van der Waals surface area (Å²) in [5, 5.41) is 2.47. The molecule has 1 rings (SSSR count). The van der Waals surface area contributed by atoms with Gasteiger partial charge in [0.1, 0.15) is 11.6 Å². The minimum atomic E-state index is -0.724. The number of anilines is 1. The van der Waals surface area contributed by atoms with Gasteiger partial charge in [-0.25, -0.2) is 8.78 Å². The zero-order valence-electron chi connectivity index (χ0n) is 12.0. The maximum absolute atomic E-state index is 13.0. The normalized spacial score (nSPS) is 11.8. The second-order valence-electron chi connectivity index (χ2n) is 5.75. The number of likely N-dealkylation sites (N-methyl/N-ethyl adjacent to an activating group) is 1. The van der Waals surface area contributed by atoms with Crippen molar-refractivity contribution >= 4 is 11.6 Å². The van der Waals surface area contributed by atoms with Crippen molar-refractivity contribution in [2.75, 3.05) is 32.0 Å². The van der Waals surface area contributed by atoms with Crippen LogP contribution < -0.4 is 11.1 Å². The molecule has 0 aromatic heterocycles. The van der Waals surface area contributed by atoms with E-state index in [0.29, 0.717) is 13.1 Å². The monoisotopic (exact) mass is 285 g/mol. The summed E-state index contributed by atoms with van der Waals surface area (Å²) < 4.78 is 26.0. The second-order valence-corrected chi connectivity index (χ2v) is 5.75. The molecule has 3 N–H and O–H groups in total. The van der Waals surface area contributed by atoms with E-state index in [1.54, 1.807) is 7.05 Å². The van der Waals surface area contributed by atoms with E-state index in [2.05, 4.69) is 5.32 Å². The van der Waals surface area contributed by atoms with E-state index in [1.165, 1.54) is 0 Å². The first-order chi connectivity index (χ1) is 9.21. The smallest absolute Gasteiger partial charge is 0.238 e. The van der Waals surface area contributed by atoms with Crippen LogP contribution in [0.5, 0.6) is 0 Å². The molecule has 0 radical (unpaired) electrons. The van der Waals surface area contributed by atoms with Crippen LogP contribution in [-0.2, 0) is 4.79 Å². The van der Waals surface area contributed by atoms with E-state index in [1.807, 2.05) is 18.7 Å². The largest absolute Gasteiger partial charge is 0.330 e. The third-order valence-electron chi connectivity index (χ3n) is 2.81. The maximum Gasteiger partial charge on any atom is 0.238 e. The molecule has 0 bridgehead atoms. The van der Waals surface area contributed by atoms with Crippen molar-refractivity contribution in [1.29, 1.82) is 0 Å². The van der Waals surface area contributed by atoms with Gasteiger partial charge in [-0.15, -0.1) is 0 Å². The molecule has 0 saturated carbocycles. The van der Waals surface area contributed by atoms with Gasteiger partial charge in [0.25, 0.3) is 0 Å². The lowest BCUT2D eigenvalue weighted by Crippen LogP contribution is -2.40. The predicted molar refractivity (Wildman–Crippen MR) is 75.3 cm³/mol. The summed E-state index contributed by atoms with van der Waals surface area (Å²) in [5.41, 5.74) is 5.64. The fourth-order valence-corrected chi connectivity index (χ4v) is 1.92. The van der Waals surface area contributed by atoms with Crippen LogP contribution in [-0.4, -0.2) is 37.5 Å². The van der Waals surface area contributed by atoms with Crippen LogP contribution in [0.25, 0.3) is 0 Å². The number of nitrogens with two attached hydrogens (primary N) is 1. The van der Waals surface area contributed by atoms with Gasteiger partial charge in [-0.2, -0.15) is 0 Å². The van der Waals surface area contributed by atoms with Crippen LogP contribution in [0.15, 0.2) is 18.2 Å². The van der Waals surface area contributed by atoms with Crippen molar-refractivity contribution in [3.8, 4) is 0 Å². The Morgan fingerprint density at radius 3 is 2.35 bits per heavy atom. The van der Waals surface area contributed by atoms with Crippen molar-refractivity contribution in [3.05, 3.63) is 29.8 Å². The Kier molecular flexibility index (Phi) is 5.59. The Labute approximate surface area is 117 Å². The van der Waals surface area contributed by atoms with Gasteiger partial charge >= 0.3 is 0 Å². The van der Waals surface area contributed by atoms with Crippen LogP contribution in [0.1, 0.15) is 13.8 Å².